The van der Waals surface area contributed by atoms with Crippen LogP contribution < -0.4 is 23.8 Å². The van der Waals surface area contributed by atoms with Crippen LogP contribution in [-0.4, -0.2) is 113 Å². The summed E-state index contributed by atoms with van der Waals surface area (Å²) in [6.45, 7) is 8.95. The number of piperazine rings is 1. The molecule has 3 aromatic rings. The van der Waals surface area contributed by atoms with Gasteiger partial charge in [-0.1, -0.05) is 6.92 Å². The summed E-state index contributed by atoms with van der Waals surface area (Å²) in [6, 6.07) is 10.4. The molecule has 1 N–H and O–H groups in total. The number of piperidine rings is 1. The Morgan fingerprint density at radius 1 is 1.04 bits per heavy atom. The Kier molecular flexibility index (Phi) is 10.6. The van der Waals surface area contributed by atoms with Crippen LogP contribution in [0.2, 0.25) is 0 Å². The van der Waals surface area contributed by atoms with Gasteiger partial charge in [-0.3, -0.25) is 9.69 Å². The first kappa shape index (κ1) is 36.8. The van der Waals surface area contributed by atoms with E-state index in [-0.39, 0.29) is 29.4 Å². The molecule has 0 aliphatic carbocycles. The number of fused-ring (bicyclic) bond motifs is 1. The summed E-state index contributed by atoms with van der Waals surface area (Å²) in [5.74, 6) is -2.12. The minimum atomic E-state index is -4.88. The van der Waals surface area contributed by atoms with Crippen molar-refractivity contribution in [2.24, 2.45) is 0 Å². The van der Waals surface area contributed by atoms with Crippen molar-refractivity contribution in [2.75, 3.05) is 70.9 Å². The number of halogens is 1. The van der Waals surface area contributed by atoms with Gasteiger partial charge in [0.25, 0.3) is 15.9 Å². The number of sulfonamides is 1. The van der Waals surface area contributed by atoms with Crippen molar-refractivity contribution in [1.29, 1.82) is 5.26 Å². The van der Waals surface area contributed by atoms with Crippen LogP contribution in [0.5, 0.6) is 17.4 Å². The van der Waals surface area contributed by atoms with Crippen LogP contribution in [0.1, 0.15) is 43.4 Å². The number of ether oxygens (including phenoxy) is 3. The summed E-state index contributed by atoms with van der Waals surface area (Å²) in [5, 5.41) is 12.8. The number of nitrogens with one attached hydrogen (secondary N) is 1. The van der Waals surface area contributed by atoms with Gasteiger partial charge in [-0.15, -0.1) is 0 Å². The van der Waals surface area contributed by atoms with Gasteiger partial charge >= 0.3 is 6.03 Å². The molecule has 4 heterocycles. The lowest BCUT2D eigenvalue weighted by molar-refractivity contribution is -0.121. The Bertz CT molecular complexity index is 1990. The number of urea groups is 1. The molecule has 0 bridgehead atoms. The quantitative estimate of drug-likeness (QED) is 0.326. The Balaban J connectivity index is 1.45. The first-order valence-corrected chi connectivity index (χ1v) is 18.7. The highest BCUT2D eigenvalue weighted by atomic mass is 32.2. The number of nitrogens with zero attached hydrogens (tertiary/aromatic N) is 6. The summed E-state index contributed by atoms with van der Waals surface area (Å²) in [6.07, 6.45) is 3.50. The highest BCUT2D eigenvalue weighted by Gasteiger charge is 2.59. The van der Waals surface area contributed by atoms with Crippen LogP contribution in [0, 0.1) is 17.1 Å². The van der Waals surface area contributed by atoms with Gasteiger partial charge < -0.3 is 29.3 Å². The second-order valence-electron chi connectivity index (χ2n) is 12.7. The fourth-order valence-electron chi connectivity index (χ4n) is 7.33. The molecule has 3 aliphatic heterocycles. The third-order valence-corrected chi connectivity index (χ3v) is 11.8. The fourth-order valence-corrected chi connectivity index (χ4v) is 8.92. The second-order valence-corrected chi connectivity index (χ2v) is 14.5. The minimum absolute atomic E-state index is 0.00710. The second kappa shape index (κ2) is 14.9. The van der Waals surface area contributed by atoms with Crippen LogP contribution in [0.4, 0.5) is 14.9 Å². The third kappa shape index (κ3) is 6.37. The average molecular weight is 736 g/mol. The van der Waals surface area contributed by atoms with Gasteiger partial charge in [0.1, 0.15) is 28.3 Å². The van der Waals surface area contributed by atoms with E-state index in [4.69, 9.17) is 14.2 Å². The highest BCUT2D eigenvalue weighted by Crippen LogP contribution is 2.50. The zero-order valence-corrected chi connectivity index (χ0v) is 30.4. The molecule has 0 spiro atoms. The van der Waals surface area contributed by atoms with Crippen molar-refractivity contribution >= 4 is 27.6 Å². The predicted molar refractivity (Wildman–Crippen MR) is 188 cm³/mol. The molecule has 2 saturated heterocycles. The highest BCUT2D eigenvalue weighted by molar-refractivity contribution is 7.93. The van der Waals surface area contributed by atoms with E-state index in [2.05, 4.69) is 27.0 Å². The molecule has 1 unspecified atom stereocenters. The molecule has 3 aliphatic rings. The van der Waals surface area contributed by atoms with Gasteiger partial charge in [0, 0.05) is 56.1 Å². The Morgan fingerprint density at radius 3 is 2.40 bits per heavy atom. The van der Waals surface area contributed by atoms with Crippen LogP contribution in [0.25, 0.3) is 0 Å². The minimum Gasteiger partial charge on any atom is -0.497 e. The molecule has 1 aromatic heterocycles. The van der Waals surface area contributed by atoms with Crippen molar-refractivity contribution < 1.29 is 36.6 Å². The van der Waals surface area contributed by atoms with E-state index in [1.54, 1.807) is 17.9 Å². The van der Waals surface area contributed by atoms with Crippen LogP contribution >= 0.6 is 0 Å². The molecule has 16 heteroatoms. The van der Waals surface area contributed by atoms with Gasteiger partial charge in [-0.05, 0) is 69.7 Å². The van der Waals surface area contributed by atoms with E-state index >= 15 is 9.18 Å². The van der Waals surface area contributed by atoms with Gasteiger partial charge in [0.15, 0.2) is 5.54 Å². The van der Waals surface area contributed by atoms with E-state index in [9.17, 15) is 18.5 Å². The Hall–Kier alpha value is -4.98. The maximum atomic E-state index is 15.5. The van der Waals surface area contributed by atoms with E-state index < -0.39 is 49.5 Å². The monoisotopic (exact) mass is 735 g/mol. The number of nitriles is 1. The molecule has 2 fully saturated rings. The molecular formula is C36H42FN7O7S. The number of aromatic nitrogens is 1. The number of likely N-dealkylation sites (tertiary alicyclic amines) is 1. The molecule has 0 saturated carbocycles. The number of methoxy groups -OCH3 is 2. The summed E-state index contributed by atoms with van der Waals surface area (Å²) in [7, 11) is -2.22. The normalized spacial score (nSPS) is 20.0. The molecule has 1 atom stereocenters. The van der Waals surface area contributed by atoms with Gasteiger partial charge in [-0.25, -0.2) is 22.6 Å². The number of pyridine rings is 1. The van der Waals surface area contributed by atoms with E-state index in [0.717, 1.165) is 44.6 Å². The topological polar surface area (TPSA) is 158 Å². The van der Waals surface area contributed by atoms with Gasteiger partial charge in [0.2, 0.25) is 5.88 Å². The zero-order chi connectivity index (χ0) is 37.2. The number of rotatable bonds is 10. The standard InChI is InChI=1S/C36H42FN7O7S/c1-5-41-14-11-25(12-15-41)42-16-18-43(19-17-42)35(46)40-36(27-8-7-13-39-33(27)51-6-2)28-20-24(23-38)29(37)22-30(28)44(34(36)45)52(47,48)32-10-9-26(49-3)21-31(32)50-4/h7-10,13,20-22,25H,5-6,11-12,14-19H2,1-4H3,(H,40,46). The lowest BCUT2D eigenvalue weighted by Gasteiger charge is -2.43. The lowest BCUT2D eigenvalue weighted by Crippen LogP contribution is -2.61. The number of carbonyl (C=O) groups excluding carboxylic acids is 2. The molecule has 14 nitrogen and oxygen atoms in total. The van der Waals surface area contributed by atoms with Crippen molar-refractivity contribution in [1.82, 2.24) is 25.0 Å². The fraction of sp³-hybridized carbons (Fsp3) is 0.444. The SMILES string of the molecule is CCOc1ncccc1C1(NC(=O)N2CCN(C3CCN(CC)CC3)CC2)C(=O)N(S(=O)(=O)c2ccc(OC)cc2OC)c2cc(F)c(C#N)cc21. The van der Waals surface area contributed by atoms with Crippen LogP contribution in [-0.2, 0) is 20.4 Å². The largest absolute Gasteiger partial charge is 0.497 e. The van der Waals surface area contributed by atoms with Crippen molar-refractivity contribution in [3.05, 3.63) is 71.2 Å². The molecule has 2 aromatic carbocycles. The first-order valence-electron chi connectivity index (χ1n) is 17.2. The number of amides is 3. The van der Waals surface area contributed by atoms with E-state index in [0.29, 0.717) is 42.3 Å². The third-order valence-electron chi connectivity index (χ3n) is 10.1. The first-order chi connectivity index (χ1) is 25.0. The smallest absolute Gasteiger partial charge is 0.318 e. The van der Waals surface area contributed by atoms with Crippen LogP contribution in [0.3, 0.4) is 0 Å². The van der Waals surface area contributed by atoms with Crippen molar-refractivity contribution in [3.8, 4) is 23.4 Å². The zero-order valence-electron chi connectivity index (χ0n) is 29.6. The maximum Gasteiger partial charge on any atom is 0.318 e. The summed E-state index contributed by atoms with van der Waals surface area (Å²) < 4.78 is 61.6. The van der Waals surface area contributed by atoms with Gasteiger partial charge in [-0.2, -0.15) is 9.57 Å². The average Bonchev–Trinajstić information content (AvgIpc) is 3.41. The number of anilines is 1. The van der Waals surface area contributed by atoms with Crippen molar-refractivity contribution in [3.63, 3.8) is 0 Å². The van der Waals surface area contributed by atoms with Gasteiger partial charge in [0.05, 0.1) is 37.6 Å². The molecule has 276 valence electrons. The Labute approximate surface area is 302 Å². The van der Waals surface area contributed by atoms with Crippen molar-refractivity contribution in [2.45, 2.75) is 43.2 Å². The number of hydrogen-bond donors (Lipinski definition) is 1. The number of benzene rings is 2. The molecule has 6 rings (SSSR count). The molecule has 52 heavy (non-hydrogen) atoms. The predicted octanol–water partition coefficient (Wildman–Crippen LogP) is 3.30. The molecule has 3 amide bonds. The number of carbonyl (C=O) groups is 2. The van der Waals surface area contributed by atoms with E-state index in [1.165, 1.54) is 50.7 Å². The summed E-state index contributed by atoms with van der Waals surface area (Å²) in [4.78, 5) is 39.8. The summed E-state index contributed by atoms with van der Waals surface area (Å²) in [5.41, 5.74) is -3.31. The lowest BCUT2D eigenvalue weighted by atomic mass is 9.83. The van der Waals surface area contributed by atoms with Crippen LogP contribution in [0.15, 0.2) is 53.6 Å². The molecule has 0 radical (unpaired) electrons. The Morgan fingerprint density at radius 2 is 1.77 bits per heavy atom. The van der Waals surface area contributed by atoms with E-state index in [1.807, 2.05) is 0 Å². The maximum absolute atomic E-state index is 15.5. The summed E-state index contributed by atoms with van der Waals surface area (Å²) >= 11 is 0. The number of hydrogen-bond acceptors (Lipinski definition) is 11. The molecular weight excluding hydrogens is 694 g/mol.